The molecule has 1 unspecified atom stereocenters. The van der Waals surface area contributed by atoms with Gasteiger partial charge in [-0.05, 0) is 51.0 Å². The van der Waals surface area contributed by atoms with E-state index in [2.05, 4.69) is 59.4 Å². The van der Waals surface area contributed by atoms with Crippen molar-refractivity contribution in [2.75, 3.05) is 0 Å². The van der Waals surface area contributed by atoms with Gasteiger partial charge >= 0.3 is 0 Å². The lowest BCUT2D eigenvalue weighted by atomic mass is 10.1. The molecule has 1 aromatic carbocycles. The van der Waals surface area contributed by atoms with Crippen molar-refractivity contribution in [1.29, 1.82) is 0 Å². The lowest BCUT2D eigenvalue weighted by Gasteiger charge is -2.13. The normalized spacial score (nSPS) is 12.7. The molecule has 1 N–H and O–H groups in total. The van der Waals surface area contributed by atoms with Gasteiger partial charge in [-0.2, -0.15) is 0 Å². The number of aryl methyl sites for hydroxylation is 3. The summed E-state index contributed by atoms with van der Waals surface area (Å²) in [5, 5.41) is 3.54. The molecule has 0 amide bonds. The van der Waals surface area contributed by atoms with E-state index in [1.165, 1.54) is 16.7 Å². The first-order valence-corrected chi connectivity index (χ1v) is 7.32. The first kappa shape index (κ1) is 14.4. The fourth-order valence-corrected chi connectivity index (χ4v) is 2.63. The van der Waals surface area contributed by atoms with Gasteiger partial charge in [0.05, 0.1) is 0 Å². The maximum absolute atomic E-state index is 5.58. The van der Waals surface area contributed by atoms with Crippen molar-refractivity contribution in [2.24, 2.45) is 0 Å². The molecular formula is C16H20BrNO. The van der Waals surface area contributed by atoms with E-state index >= 15 is 0 Å². The third-order valence-electron chi connectivity index (χ3n) is 3.39. The summed E-state index contributed by atoms with van der Waals surface area (Å²) < 4.78 is 6.74. The molecule has 0 fully saturated rings. The first-order valence-electron chi connectivity index (χ1n) is 6.52. The largest absolute Gasteiger partial charge is 0.466 e. The van der Waals surface area contributed by atoms with E-state index in [0.717, 1.165) is 22.5 Å². The zero-order valence-electron chi connectivity index (χ0n) is 11.9. The van der Waals surface area contributed by atoms with Crippen molar-refractivity contribution < 1.29 is 4.42 Å². The van der Waals surface area contributed by atoms with Crippen LogP contribution in [0.2, 0.25) is 0 Å². The fraction of sp³-hybridized carbons (Fsp3) is 0.375. The van der Waals surface area contributed by atoms with Gasteiger partial charge in [0, 0.05) is 22.6 Å². The summed E-state index contributed by atoms with van der Waals surface area (Å²) in [6.45, 7) is 9.12. The van der Waals surface area contributed by atoms with Gasteiger partial charge in [-0.25, -0.2) is 0 Å². The number of nitrogens with one attached hydrogen (secondary N) is 1. The molecule has 19 heavy (non-hydrogen) atoms. The Labute approximate surface area is 123 Å². The van der Waals surface area contributed by atoms with E-state index < -0.39 is 0 Å². The molecule has 0 aliphatic rings. The Morgan fingerprint density at radius 2 is 1.95 bits per heavy atom. The molecule has 1 aromatic heterocycles. The number of hydrogen-bond acceptors (Lipinski definition) is 2. The van der Waals surface area contributed by atoms with Crippen LogP contribution in [0.25, 0.3) is 0 Å². The van der Waals surface area contributed by atoms with Gasteiger partial charge in [0.2, 0.25) is 0 Å². The Morgan fingerprint density at radius 1 is 1.21 bits per heavy atom. The zero-order chi connectivity index (χ0) is 14.0. The summed E-state index contributed by atoms with van der Waals surface area (Å²) in [6, 6.07) is 8.87. The maximum Gasteiger partial charge on any atom is 0.105 e. The molecule has 0 spiro atoms. The Balaban J connectivity index is 2.02. The van der Waals surface area contributed by atoms with Gasteiger partial charge < -0.3 is 9.73 Å². The lowest BCUT2D eigenvalue weighted by molar-refractivity contribution is 0.489. The van der Waals surface area contributed by atoms with Crippen molar-refractivity contribution in [2.45, 2.75) is 40.3 Å². The van der Waals surface area contributed by atoms with Crippen molar-refractivity contribution >= 4 is 15.9 Å². The van der Waals surface area contributed by atoms with E-state index in [1.54, 1.807) is 0 Å². The van der Waals surface area contributed by atoms with E-state index in [1.807, 2.05) is 13.8 Å². The van der Waals surface area contributed by atoms with Gasteiger partial charge in [0.1, 0.15) is 11.5 Å². The molecule has 0 aliphatic heterocycles. The second-order valence-electron chi connectivity index (χ2n) is 5.05. The molecule has 102 valence electrons. The summed E-state index contributed by atoms with van der Waals surface area (Å²) in [5.41, 5.74) is 3.78. The van der Waals surface area contributed by atoms with Crippen molar-refractivity contribution in [3.63, 3.8) is 0 Å². The average Bonchev–Trinajstić information content (AvgIpc) is 2.70. The molecule has 0 aliphatic carbocycles. The van der Waals surface area contributed by atoms with Crippen LogP contribution in [0.3, 0.4) is 0 Å². The Bertz CT molecular complexity index is 574. The minimum atomic E-state index is 0.289. The molecular weight excluding hydrogens is 302 g/mol. The Kier molecular flexibility index (Phi) is 4.48. The Morgan fingerprint density at radius 3 is 2.53 bits per heavy atom. The first-order chi connectivity index (χ1) is 8.97. The van der Waals surface area contributed by atoms with Crippen LogP contribution < -0.4 is 5.32 Å². The van der Waals surface area contributed by atoms with Gasteiger partial charge in [0.25, 0.3) is 0 Å². The molecule has 2 aromatic rings. The molecule has 0 saturated carbocycles. The summed E-state index contributed by atoms with van der Waals surface area (Å²) in [4.78, 5) is 0. The van der Waals surface area contributed by atoms with Crippen LogP contribution in [0.5, 0.6) is 0 Å². The van der Waals surface area contributed by atoms with Crippen molar-refractivity contribution in [1.82, 2.24) is 5.32 Å². The summed E-state index contributed by atoms with van der Waals surface area (Å²) >= 11 is 3.57. The maximum atomic E-state index is 5.58. The van der Waals surface area contributed by atoms with Crippen LogP contribution in [-0.2, 0) is 6.54 Å². The molecule has 1 heterocycles. The zero-order valence-corrected chi connectivity index (χ0v) is 13.5. The summed E-state index contributed by atoms with van der Waals surface area (Å²) in [5.74, 6) is 1.97. The molecule has 1 atom stereocenters. The predicted octanol–water partition coefficient (Wildman–Crippen LogP) is 4.82. The number of hydrogen-bond donors (Lipinski definition) is 1. The van der Waals surface area contributed by atoms with Gasteiger partial charge in [-0.3, -0.25) is 0 Å². The standard InChI is InChI=1S/C16H20BrNO/c1-10-5-6-14(8-16(10)17)9-18-12(3)15-7-11(2)19-13(15)4/h5-8,12,18H,9H2,1-4H3. The third-order valence-corrected chi connectivity index (χ3v) is 4.25. The number of benzene rings is 1. The fourth-order valence-electron chi connectivity index (χ4n) is 2.21. The number of furan rings is 1. The smallest absolute Gasteiger partial charge is 0.105 e. The summed E-state index contributed by atoms with van der Waals surface area (Å²) in [7, 11) is 0. The minimum absolute atomic E-state index is 0.289. The molecule has 3 heteroatoms. The SMILES string of the molecule is Cc1cc(C(C)NCc2ccc(C)c(Br)c2)c(C)o1. The number of rotatable bonds is 4. The highest BCUT2D eigenvalue weighted by Gasteiger charge is 2.12. The highest BCUT2D eigenvalue weighted by Crippen LogP contribution is 2.22. The highest BCUT2D eigenvalue weighted by atomic mass is 79.9. The lowest BCUT2D eigenvalue weighted by Crippen LogP contribution is -2.18. The second kappa shape index (κ2) is 5.93. The van der Waals surface area contributed by atoms with E-state index in [4.69, 9.17) is 4.42 Å². The topological polar surface area (TPSA) is 25.2 Å². The quantitative estimate of drug-likeness (QED) is 0.873. The molecule has 2 nitrogen and oxygen atoms in total. The Hall–Kier alpha value is -1.06. The van der Waals surface area contributed by atoms with Crippen LogP contribution in [0, 0.1) is 20.8 Å². The van der Waals surface area contributed by atoms with E-state index in [0.29, 0.717) is 0 Å². The molecule has 2 rings (SSSR count). The highest BCUT2D eigenvalue weighted by molar-refractivity contribution is 9.10. The van der Waals surface area contributed by atoms with Crippen LogP contribution in [0.1, 0.15) is 41.2 Å². The molecule has 0 radical (unpaired) electrons. The summed E-state index contributed by atoms with van der Waals surface area (Å²) in [6.07, 6.45) is 0. The monoisotopic (exact) mass is 321 g/mol. The van der Waals surface area contributed by atoms with Crippen molar-refractivity contribution in [3.05, 3.63) is 56.9 Å². The van der Waals surface area contributed by atoms with Crippen LogP contribution in [-0.4, -0.2) is 0 Å². The van der Waals surface area contributed by atoms with Crippen LogP contribution in [0.15, 0.2) is 33.2 Å². The van der Waals surface area contributed by atoms with Gasteiger partial charge in [-0.1, -0.05) is 28.1 Å². The van der Waals surface area contributed by atoms with Gasteiger partial charge in [-0.15, -0.1) is 0 Å². The molecule has 0 bridgehead atoms. The average molecular weight is 322 g/mol. The van der Waals surface area contributed by atoms with Gasteiger partial charge in [0.15, 0.2) is 0 Å². The predicted molar refractivity (Wildman–Crippen MR) is 82.3 cm³/mol. The van der Waals surface area contributed by atoms with Crippen LogP contribution in [0.4, 0.5) is 0 Å². The third kappa shape index (κ3) is 3.48. The molecule has 0 saturated heterocycles. The van der Waals surface area contributed by atoms with Crippen molar-refractivity contribution in [3.8, 4) is 0 Å². The van der Waals surface area contributed by atoms with E-state index in [9.17, 15) is 0 Å². The second-order valence-corrected chi connectivity index (χ2v) is 5.91. The van der Waals surface area contributed by atoms with Crippen LogP contribution >= 0.6 is 15.9 Å². The van der Waals surface area contributed by atoms with E-state index in [-0.39, 0.29) is 6.04 Å². The number of halogens is 1. The minimum Gasteiger partial charge on any atom is -0.466 e.